The largest absolute Gasteiger partial charge is 0.419 e. The zero-order valence-corrected chi connectivity index (χ0v) is 21.6. The predicted octanol–water partition coefficient (Wildman–Crippen LogP) is 2.01. The fourth-order valence-electron chi connectivity index (χ4n) is 4.26. The standard InChI is InChI=1S/C27H34N6O4/c1-4-10-28-25(34)20-8-9-23-22(14-20)33(27(36)37-23)17-18-6-5-7-19(13-18)24-30-15-21(16-31-24)26(35)29-11-12-32(2)3/h5,7-9,13-15,18,21H,4,6,10-12,16-17H2,1-3H3,(H,28,34)(H,29,35). The third-order valence-electron chi connectivity index (χ3n) is 6.30. The van der Waals surface area contributed by atoms with Gasteiger partial charge in [-0.15, -0.1) is 0 Å². The lowest BCUT2D eigenvalue weighted by atomic mass is 9.95. The van der Waals surface area contributed by atoms with Crippen molar-refractivity contribution in [3.63, 3.8) is 0 Å². The second kappa shape index (κ2) is 12.0. The molecule has 1 aliphatic heterocycles. The maximum Gasteiger partial charge on any atom is 0.419 e. The predicted molar refractivity (Wildman–Crippen MR) is 144 cm³/mol. The molecular weight excluding hydrogens is 472 g/mol. The van der Waals surface area contributed by atoms with Gasteiger partial charge in [-0.1, -0.05) is 25.2 Å². The van der Waals surface area contributed by atoms with Crippen LogP contribution in [0.2, 0.25) is 0 Å². The topological polar surface area (TPSA) is 121 Å². The molecule has 0 fully saturated rings. The van der Waals surface area contributed by atoms with E-state index in [1.165, 1.54) is 0 Å². The number of fused-ring (bicyclic) bond motifs is 1. The molecule has 4 rings (SSSR count). The number of aliphatic imine (C=N–C) groups is 2. The Kier molecular flexibility index (Phi) is 8.50. The SMILES string of the molecule is CCCNC(=O)c1ccc2oc(=O)n(CC3C=C(C4=NCC(C(=O)NCCN(C)C)C=N4)C=CC3)c2c1. The van der Waals surface area contributed by atoms with E-state index in [1.54, 1.807) is 29.0 Å². The van der Waals surface area contributed by atoms with E-state index >= 15 is 0 Å². The molecule has 1 aromatic carbocycles. The quantitative estimate of drug-likeness (QED) is 0.511. The molecule has 2 aromatic rings. The van der Waals surface area contributed by atoms with E-state index in [-0.39, 0.29) is 23.7 Å². The van der Waals surface area contributed by atoms with Crippen molar-refractivity contribution in [1.82, 2.24) is 20.1 Å². The highest BCUT2D eigenvalue weighted by molar-refractivity contribution is 6.09. The number of likely N-dealkylation sites (N-methyl/N-ethyl adjacent to an activating group) is 1. The molecule has 1 aliphatic carbocycles. The number of allylic oxidation sites excluding steroid dienone is 2. The van der Waals surface area contributed by atoms with Crippen molar-refractivity contribution >= 4 is 35.0 Å². The van der Waals surface area contributed by atoms with Crippen LogP contribution in [0.5, 0.6) is 0 Å². The van der Waals surface area contributed by atoms with E-state index < -0.39 is 5.76 Å². The number of oxazole rings is 1. The molecule has 2 N–H and O–H groups in total. The smallest absolute Gasteiger partial charge is 0.408 e. The zero-order valence-electron chi connectivity index (χ0n) is 21.6. The van der Waals surface area contributed by atoms with Crippen LogP contribution >= 0.6 is 0 Å². The number of carbonyl (C=O) groups is 2. The summed E-state index contributed by atoms with van der Waals surface area (Å²) in [6, 6.07) is 5.03. The first-order valence-corrected chi connectivity index (χ1v) is 12.7. The maximum atomic E-state index is 12.6. The first kappa shape index (κ1) is 26.3. The molecule has 196 valence electrons. The summed E-state index contributed by atoms with van der Waals surface area (Å²) >= 11 is 0. The van der Waals surface area contributed by atoms with E-state index in [0.29, 0.717) is 48.7 Å². The molecule has 37 heavy (non-hydrogen) atoms. The Balaban J connectivity index is 1.45. The van der Waals surface area contributed by atoms with Crippen molar-refractivity contribution in [2.24, 2.45) is 21.8 Å². The lowest BCUT2D eigenvalue weighted by Gasteiger charge is -2.19. The van der Waals surface area contributed by atoms with Gasteiger partial charge in [0, 0.05) is 43.5 Å². The molecule has 2 heterocycles. The summed E-state index contributed by atoms with van der Waals surface area (Å²) in [5.41, 5.74) is 2.39. The van der Waals surface area contributed by atoms with E-state index in [2.05, 4.69) is 26.7 Å². The van der Waals surface area contributed by atoms with Crippen molar-refractivity contribution < 1.29 is 14.0 Å². The van der Waals surface area contributed by atoms with Gasteiger partial charge in [0.15, 0.2) is 11.4 Å². The molecule has 10 nitrogen and oxygen atoms in total. The van der Waals surface area contributed by atoms with Gasteiger partial charge in [0.2, 0.25) is 5.91 Å². The van der Waals surface area contributed by atoms with Crippen LogP contribution in [0.4, 0.5) is 0 Å². The Morgan fingerprint density at radius 3 is 2.78 bits per heavy atom. The van der Waals surface area contributed by atoms with Gasteiger partial charge in [-0.2, -0.15) is 0 Å². The molecule has 0 saturated heterocycles. The van der Waals surface area contributed by atoms with E-state index in [0.717, 1.165) is 25.0 Å². The highest BCUT2D eigenvalue weighted by atomic mass is 16.4. The summed E-state index contributed by atoms with van der Waals surface area (Å²) in [6.45, 7) is 4.67. The van der Waals surface area contributed by atoms with Gasteiger partial charge in [0.05, 0.1) is 18.0 Å². The number of rotatable bonds is 10. The first-order chi connectivity index (χ1) is 17.9. The Morgan fingerprint density at radius 2 is 2.05 bits per heavy atom. The average molecular weight is 507 g/mol. The summed E-state index contributed by atoms with van der Waals surface area (Å²) < 4.78 is 7.00. The van der Waals surface area contributed by atoms with Gasteiger partial charge in [0.1, 0.15) is 0 Å². The van der Waals surface area contributed by atoms with Gasteiger partial charge >= 0.3 is 5.76 Å². The average Bonchev–Trinajstić information content (AvgIpc) is 3.21. The first-order valence-electron chi connectivity index (χ1n) is 12.7. The third-order valence-corrected chi connectivity index (χ3v) is 6.30. The Labute approximate surface area is 215 Å². The number of aromatic nitrogens is 1. The number of hydrogen-bond donors (Lipinski definition) is 2. The van der Waals surface area contributed by atoms with E-state index in [9.17, 15) is 14.4 Å². The molecule has 0 saturated carbocycles. The minimum Gasteiger partial charge on any atom is -0.408 e. The van der Waals surface area contributed by atoms with Crippen molar-refractivity contribution in [3.8, 4) is 0 Å². The lowest BCUT2D eigenvalue weighted by molar-refractivity contribution is -0.122. The number of hydrogen-bond acceptors (Lipinski definition) is 7. The molecule has 1 aromatic heterocycles. The fourth-order valence-corrected chi connectivity index (χ4v) is 4.26. The number of carbonyl (C=O) groups excluding carboxylic acids is 2. The van der Waals surface area contributed by atoms with Crippen molar-refractivity contribution in [2.75, 3.05) is 40.3 Å². The second-order valence-corrected chi connectivity index (χ2v) is 9.58. The molecule has 2 aliphatic rings. The summed E-state index contributed by atoms with van der Waals surface area (Å²) in [5, 5.41) is 5.77. The molecule has 0 spiro atoms. The van der Waals surface area contributed by atoms with Gasteiger partial charge in [-0.25, -0.2) is 9.79 Å². The molecule has 2 atom stereocenters. The van der Waals surface area contributed by atoms with Crippen LogP contribution in [0, 0.1) is 11.8 Å². The number of nitrogens with one attached hydrogen (secondary N) is 2. The highest BCUT2D eigenvalue weighted by Gasteiger charge is 2.22. The summed E-state index contributed by atoms with van der Waals surface area (Å²) in [5.74, 6) is -0.493. The number of nitrogens with zero attached hydrogens (tertiary/aromatic N) is 4. The molecule has 2 unspecified atom stereocenters. The van der Waals surface area contributed by atoms with Crippen LogP contribution in [0.15, 0.2) is 61.2 Å². The molecule has 0 radical (unpaired) electrons. The summed E-state index contributed by atoms with van der Waals surface area (Å²) in [4.78, 5) is 48.4. The molecule has 10 heteroatoms. The summed E-state index contributed by atoms with van der Waals surface area (Å²) in [6.07, 6.45) is 9.30. The van der Waals surface area contributed by atoms with Gasteiger partial charge in [-0.05, 0) is 51.1 Å². The van der Waals surface area contributed by atoms with Gasteiger partial charge < -0.3 is 20.0 Å². The summed E-state index contributed by atoms with van der Waals surface area (Å²) in [7, 11) is 3.92. The van der Waals surface area contributed by atoms with Crippen LogP contribution in [-0.4, -0.2) is 73.6 Å². The Hall–Kier alpha value is -3.79. The minimum atomic E-state index is -0.457. The highest BCUT2D eigenvalue weighted by Crippen LogP contribution is 2.23. The Morgan fingerprint density at radius 1 is 1.22 bits per heavy atom. The van der Waals surface area contributed by atoms with Crippen LogP contribution in [0.1, 0.15) is 30.1 Å². The number of amidine groups is 1. The lowest BCUT2D eigenvalue weighted by Crippen LogP contribution is -2.38. The normalized spacial score (nSPS) is 19.1. The number of benzene rings is 1. The van der Waals surface area contributed by atoms with Crippen LogP contribution < -0.4 is 16.4 Å². The Bertz CT molecular complexity index is 1330. The monoisotopic (exact) mass is 506 g/mol. The van der Waals surface area contributed by atoms with E-state index in [4.69, 9.17) is 4.42 Å². The van der Waals surface area contributed by atoms with Gasteiger partial charge in [0.25, 0.3) is 5.91 Å². The number of amides is 2. The second-order valence-electron chi connectivity index (χ2n) is 9.58. The van der Waals surface area contributed by atoms with E-state index in [1.807, 2.05) is 38.1 Å². The van der Waals surface area contributed by atoms with Crippen LogP contribution in [-0.2, 0) is 11.3 Å². The molecule has 0 bridgehead atoms. The van der Waals surface area contributed by atoms with Crippen molar-refractivity contribution in [3.05, 3.63) is 58.1 Å². The zero-order chi connectivity index (χ0) is 26.4. The fraction of sp³-hybridized carbons (Fsp3) is 0.444. The third kappa shape index (κ3) is 6.51. The van der Waals surface area contributed by atoms with Crippen LogP contribution in [0.3, 0.4) is 0 Å². The molecule has 2 amide bonds. The maximum absolute atomic E-state index is 12.6. The molecular formula is C27H34N6O4. The van der Waals surface area contributed by atoms with Crippen molar-refractivity contribution in [1.29, 1.82) is 0 Å². The van der Waals surface area contributed by atoms with Crippen molar-refractivity contribution in [2.45, 2.75) is 26.3 Å². The minimum absolute atomic E-state index is 0.0148. The van der Waals surface area contributed by atoms with Gasteiger partial charge in [-0.3, -0.25) is 19.1 Å². The van der Waals surface area contributed by atoms with Crippen LogP contribution in [0.25, 0.3) is 11.1 Å².